The third kappa shape index (κ3) is 2.71. The molecule has 0 amide bonds. The van der Waals surface area contributed by atoms with Gasteiger partial charge >= 0.3 is 0 Å². The summed E-state index contributed by atoms with van der Waals surface area (Å²) in [6.07, 6.45) is 1.25. The summed E-state index contributed by atoms with van der Waals surface area (Å²) in [6.45, 7) is 7.83. The molecule has 3 N–H and O–H groups in total. The number of thiophene rings is 1. The van der Waals surface area contributed by atoms with E-state index in [-0.39, 0.29) is 0 Å². The molecule has 3 rings (SSSR count). The Morgan fingerprint density at radius 2 is 2.35 bits per heavy atom. The Morgan fingerprint density at radius 3 is 3.10 bits per heavy atom. The van der Waals surface area contributed by atoms with Crippen LogP contribution < -0.4 is 11.1 Å². The van der Waals surface area contributed by atoms with E-state index in [9.17, 15) is 0 Å². The normalized spacial score (nSPS) is 20.1. The van der Waals surface area contributed by atoms with Crippen molar-refractivity contribution >= 4 is 33.3 Å². The summed E-state index contributed by atoms with van der Waals surface area (Å²) in [6, 6.07) is 2.69. The minimum atomic E-state index is 0.345. The van der Waals surface area contributed by atoms with Gasteiger partial charge in [-0.2, -0.15) is 4.98 Å². The Morgan fingerprint density at radius 1 is 1.50 bits per heavy atom. The monoisotopic (exact) mass is 291 g/mol. The molecular weight excluding hydrogens is 270 g/mol. The third-order valence-corrected chi connectivity index (χ3v) is 4.75. The summed E-state index contributed by atoms with van der Waals surface area (Å²) >= 11 is 1.60. The zero-order valence-electron chi connectivity index (χ0n) is 12.0. The van der Waals surface area contributed by atoms with Crippen LogP contribution in [0.4, 0.5) is 11.8 Å². The van der Waals surface area contributed by atoms with E-state index in [0.29, 0.717) is 17.9 Å². The maximum atomic E-state index is 5.77. The molecule has 1 aliphatic heterocycles. The molecule has 1 unspecified atom stereocenters. The Kier molecular flexibility index (Phi) is 3.76. The Bertz CT molecular complexity index is 594. The van der Waals surface area contributed by atoms with Gasteiger partial charge in [0, 0.05) is 19.1 Å². The molecule has 6 heteroatoms. The zero-order chi connectivity index (χ0) is 14.1. The van der Waals surface area contributed by atoms with Crippen molar-refractivity contribution in [2.45, 2.75) is 26.3 Å². The fourth-order valence-corrected chi connectivity index (χ4v) is 3.52. The van der Waals surface area contributed by atoms with Gasteiger partial charge in [0.25, 0.3) is 0 Å². The predicted octanol–water partition coefficient (Wildman–Crippen LogP) is 2.42. The summed E-state index contributed by atoms with van der Waals surface area (Å²) < 4.78 is 0. The molecule has 0 saturated carbocycles. The minimum Gasteiger partial charge on any atom is -0.369 e. The summed E-state index contributed by atoms with van der Waals surface area (Å²) in [4.78, 5) is 12.1. The highest BCUT2D eigenvalue weighted by Crippen LogP contribution is 2.26. The molecule has 0 bridgehead atoms. The van der Waals surface area contributed by atoms with Crippen molar-refractivity contribution in [1.82, 2.24) is 14.9 Å². The lowest BCUT2D eigenvalue weighted by Gasteiger charge is -2.20. The molecule has 1 atom stereocenters. The van der Waals surface area contributed by atoms with E-state index in [4.69, 9.17) is 5.73 Å². The van der Waals surface area contributed by atoms with Crippen LogP contribution in [-0.2, 0) is 0 Å². The first kappa shape index (κ1) is 13.6. The van der Waals surface area contributed by atoms with Crippen LogP contribution in [0.1, 0.15) is 20.3 Å². The highest BCUT2D eigenvalue weighted by molar-refractivity contribution is 7.16. The smallest absolute Gasteiger partial charge is 0.223 e. The predicted molar refractivity (Wildman–Crippen MR) is 85.1 cm³/mol. The molecule has 0 aliphatic carbocycles. The lowest BCUT2D eigenvalue weighted by atomic mass is 10.1. The SMILES string of the molecule is CC(C)N1CCC(CNc2nc(N)nc3sccc23)C1. The number of fused-ring (bicyclic) bond motifs is 1. The van der Waals surface area contributed by atoms with Crippen LogP contribution >= 0.6 is 11.3 Å². The van der Waals surface area contributed by atoms with Gasteiger partial charge in [0.05, 0.1) is 5.39 Å². The lowest BCUT2D eigenvalue weighted by molar-refractivity contribution is 0.266. The van der Waals surface area contributed by atoms with E-state index in [1.807, 2.05) is 5.38 Å². The molecule has 1 aliphatic rings. The molecule has 2 aromatic rings. The molecule has 0 aromatic carbocycles. The van der Waals surface area contributed by atoms with E-state index >= 15 is 0 Å². The number of rotatable bonds is 4. The molecule has 2 aromatic heterocycles. The van der Waals surface area contributed by atoms with Gasteiger partial charge in [0.2, 0.25) is 5.95 Å². The Hall–Kier alpha value is -1.40. The fourth-order valence-electron chi connectivity index (χ4n) is 2.75. The minimum absolute atomic E-state index is 0.345. The number of anilines is 2. The largest absolute Gasteiger partial charge is 0.369 e. The van der Waals surface area contributed by atoms with Gasteiger partial charge in [0.15, 0.2) is 0 Å². The number of aromatic nitrogens is 2. The number of nitrogens with two attached hydrogens (primary N) is 1. The number of nitrogens with one attached hydrogen (secondary N) is 1. The molecule has 5 nitrogen and oxygen atoms in total. The topological polar surface area (TPSA) is 67.1 Å². The van der Waals surface area contributed by atoms with E-state index in [1.165, 1.54) is 13.0 Å². The average molecular weight is 291 g/mol. The van der Waals surface area contributed by atoms with Crippen LogP contribution in [0.3, 0.4) is 0 Å². The second-order valence-electron chi connectivity index (χ2n) is 5.69. The molecule has 0 radical (unpaired) electrons. The summed E-state index contributed by atoms with van der Waals surface area (Å²) in [5, 5.41) is 6.56. The van der Waals surface area contributed by atoms with Crippen LogP contribution in [0.25, 0.3) is 10.2 Å². The molecule has 3 heterocycles. The number of hydrogen-bond acceptors (Lipinski definition) is 6. The van der Waals surface area contributed by atoms with Gasteiger partial charge in [-0.1, -0.05) is 0 Å². The first-order valence-corrected chi connectivity index (χ1v) is 8.00. The quantitative estimate of drug-likeness (QED) is 0.905. The van der Waals surface area contributed by atoms with Crippen LogP contribution in [0, 0.1) is 5.92 Å². The molecule has 20 heavy (non-hydrogen) atoms. The first-order valence-electron chi connectivity index (χ1n) is 7.12. The standard InChI is InChI=1S/C14H21N5S/c1-9(2)19-5-3-10(8-19)7-16-12-11-4-6-20-13(11)18-14(15)17-12/h4,6,9-10H,3,5,7-8H2,1-2H3,(H3,15,16,17,18). The summed E-state index contributed by atoms with van der Waals surface area (Å²) in [5.74, 6) is 1.90. The number of nitrogens with zero attached hydrogens (tertiary/aromatic N) is 3. The molecule has 108 valence electrons. The van der Waals surface area contributed by atoms with Crippen LogP contribution in [0.15, 0.2) is 11.4 Å². The van der Waals surface area contributed by atoms with Gasteiger partial charge in [-0.3, -0.25) is 0 Å². The fraction of sp³-hybridized carbons (Fsp3) is 0.571. The number of likely N-dealkylation sites (tertiary alicyclic amines) is 1. The van der Waals surface area contributed by atoms with Gasteiger partial charge in [-0.15, -0.1) is 11.3 Å². The van der Waals surface area contributed by atoms with Gasteiger partial charge in [0.1, 0.15) is 10.6 Å². The Labute approximate surface area is 123 Å². The first-order chi connectivity index (χ1) is 9.63. The van der Waals surface area contributed by atoms with Crippen molar-refractivity contribution in [1.29, 1.82) is 0 Å². The third-order valence-electron chi connectivity index (χ3n) is 3.95. The van der Waals surface area contributed by atoms with Gasteiger partial charge in [-0.25, -0.2) is 4.98 Å². The van der Waals surface area contributed by atoms with Crippen LogP contribution in [0.5, 0.6) is 0 Å². The van der Waals surface area contributed by atoms with Crippen molar-refractivity contribution in [3.05, 3.63) is 11.4 Å². The van der Waals surface area contributed by atoms with Crippen LogP contribution in [-0.4, -0.2) is 40.5 Å². The number of nitrogen functional groups attached to an aromatic ring is 1. The van der Waals surface area contributed by atoms with Crippen molar-refractivity contribution < 1.29 is 0 Å². The lowest BCUT2D eigenvalue weighted by Crippen LogP contribution is -2.29. The highest BCUT2D eigenvalue weighted by atomic mass is 32.1. The van der Waals surface area contributed by atoms with E-state index in [2.05, 4.69) is 40.1 Å². The zero-order valence-corrected chi connectivity index (χ0v) is 12.8. The molecule has 0 spiro atoms. The molecule has 1 fully saturated rings. The molecular formula is C14H21N5S. The van der Waals surface area contributed by atoms with E-state index in [1.54, 1.807) is 11.3 Å². The second kappa shape index (κ2) is 5.54. The van der Waals surface area contributed by atoms with Gasteiger partial charge in [-0.05, 0) is 44.2 Å². The number of hydrogen-bond donors (Lipinski definition) is 2. The van der Waals surface area contributed by atoms with Crippen molar-refractivity contribution in [3.8, 4) is 0 Å². The maximum Gasteiger partial charge on any atom is 0.223 e. The Balaban J connectivity index is 1.67. The van der Waals surface area contributed by atoms with Crippen molar-refractivity contribution in [3.63, 3.8) is 0 Å². The van der Waals surface area contributed by atoms with Gasteiger partial charge < -0.3 is 16.0 Å². The maximum absolute atomic E-state index is 5.77. The molecule has 1 saturated heterocycles. The summed E-state index contributed by atoms with van der Waals surface area (Å²) in [5.41, 5.74) is 5.77. The summed E-state index contributed by atoms with van der Waals surface area (Å²) in [7, 11) is 0. The second-order valence-corrected chi connectivity index (χ2v) is 6.59. The highest BCUT2D eigenvalue weighted by Gasteiger charge is 2.24. The average Bonchev–Trinajstić information content (AvgIpc) is 3.04. The van der Waals surface area contributed by atoms with E-state index < -0.39 is 0 Å². The van der Waals surface area contributed by atoms with E-state index in [0.717, 1.165) is 29.1 Å². The van der Waals surface area contributed by atoms with Crippen LogP contribution in [0.2, 0.25) is 0 Å². The van der Waals surface area contributed by atoms with Crippen molar-refractivity contribution in [2.75, 3.05) is 30.7 Å². The van der Waals surface area contributed by atoms with Crippen molar-refractivity contribution in [2.24, 2.45) is 5.92 Å².